The molecule has 144 valence electrons. The van der Waals surface area contributed by atoms with Crippen LogP contribution in [0.2, 0.25) is 0 Å². The van der Waals surface area contributed by atoms with E-state index in [-0.39, 0.29) is 23.7 Å². The lowest BCUT2D eigenvalue weighted by atomic mass is 10.0. The van der Waals surface area contributed by atoms with Crippen LogP contribution in [0.5, 0.6) is 0 Å². The molecule has 1 N–H and O–H groups in total. The van der Waals surface area contributed by atoms with Gasteiger partial charge >= 0.3 is 0 Å². The molecule has 4 nitrogen and oxygen atoms in total. The maximum Gasteiger partial charge on any atom is 0.247 e. The number of nitrogens with zero attached hydrogens (tertiary/aromatic N) is 1. The molecule has 2 rings (SSSR count). The Labute approximate surface area is 162 Å². The number of carbonyl (C=O) groups is 2. The van der Waals surface area contributed by atoms with Crippen molar-refractivity contribution >= 4 is 23.4 Å². The van der Waals surface area contributed by atoms with Gasteiger partial charge in [-0.1, -0.05) is 62.4 Å². The van der Waals surface area contributed by atoms with E-state index in [1.54, 1.807) is 4.90 Å². The minimum atomic E-state index is -0.620. The van der Waals surface area contributed by atoms with Crippen molar-refractivity contribution in [3.8, 4) is 0 Å². The van der Waals surface area contributed by atoms with Crippen molar-refractivity contribution < 1.29 is 9.59 Å². The molecule has 26 heavy (non-hydrogen) atoms. The van der Waals surface area contributed by atoms with Gasteiger partial charge in [0.05, 0.1) is 0 Å². The highest BCUT2D eigenvalue weighted by Gasteiger charge is 2.31. The van der Waals surface area contributed by atoms with Crippen molar-refractivity contribution in [1.29, 1.82) is 0 Å². The van der Waals surface area contributed by atoms with Crippen molar-refractivity contribution in [2.75, 3.05) is 12.4 Å². The normalized spacial score (nSPS) is 16.6. The second-order valence-electron chi connectivity index (χ2n) is 7.23. The smallest absolute Gasteiger partial charge is 0.247 e. The van der Waals surface area contributed by atoms with Crippen LogP contribution in [0.3, 0.4) is 0 Å². The van der Waals surface area contributed by atoms with Crippen molar-refractivity contribution in [3.63, 3.8) is 0 Å². The van der Waals surface area contributed by atoms with E-state index in [0.29, 0.717) is 6.54 Å². The summed E-state index contributed by atoms with van der Waals surface area (Å²) in [6, 6.07) is 7.43. The SMILES string of the molecule is CCCN(C(=O)CCl)C(C(=O)NC1CCCCCC1)c1ccc(C)cc1. The van der Waals surface area contributed by atoms with Crippen LogP contribution in [0.15, 0.2) is 24.3 Å². The fourth-order valence-electron chi connectivity index (χ4n) is 3.64. The van der Waals surface area contributed by atoms with Crippen LogP contribution < -0.4 is 5.32 Å². The molecule has 1 aliphatic rings. The molecule has 0 aliphatic heterocycles. The van der Waals surface area contributed by atoms with Gasteiger partial charge in [0, 0.05) is 12.6 Å². The Balaban J connectivity index is 2.26. The molecule has 5 heteroatoms. The van der Waals surface area contributed by atoms with Gasteiger partial charge in [-0.25, -0.2) is 0 Å². The summed E-state index contributed by atoms with van der Waals surface area (Å²) in [5.74, 6) is -0.401. The number of aryl methyl sites for hydroxylation is 1. The third-order valence-electron chi connectivity index (χ3n) is 5.05. The van der Waals surface area contributed by atoms with E-state index in [2.05, 4.69) is 5.32 Å². The molecule has 1 saturated carbocycles. The van der Waals surface area contributed by atoms with Crippen molar-refractivity contribution in [1.82, 2.24) is 10.2 Å². The van der Waals surface area contributed by atoms with Crippen molar-refractivity contribution in [2.45, 2.75) is 70.9 Å². The van der Waals surface area contributed by atoms with E-state index >= 15 is 0 Å². The van der Waals surface area contributed by atoms with Gasteiger partial charge in [-0.15, -0.1) is 11.6 Å². The molecule has 1 unspecified atom stereocenters. The molecule has 0 spiro atoms. The molecular weight excluding hydrogens is 348 g/mol. The van der Waals surface area contributed by atoms with Crippen LogP contribution in [-0.4, -0.2) is 35.2 Å². The topological polar surface area (TPSA) is 49.4 Å². The number of benzene rings is 1. The lowest BCUT2D eigenvalue weighted by Crippen LogP contribution is -2.47. The molecule has 2 amide bonds. The molecule has 1 aromatic rings. The average Bonchev–Trinajstić information content (AvgIpc) is 2.90. The Morgan fingerprint density at radius 2 is 1.77 bits per heavy atom. The third kappa shape index (κ3) is 5.73. The second-order valence-corrected chi connectivity index (χ2v) is 7.50. The van der Waals surface area contributed by atoms with Gasteiger partial charge in [0.2, 0.25) is 11.8 Å². The first-order chi connectivity index (χ1) is 12.6. The summed E-state index contributed by atoms with van der Waals surface area (Å²) in [7, 11) is 0. The number of nitrogens with one attached hydrogen (secondary N) is 1. The van der Waals surface area contributed by atoms with E-state index in [1.807, 2.05) is 38.1 Å². The summed E-state index contributed by atoms with van der Waals surface area (Å²) in [6.45, 7) is 4.53. The Morgan fingerprint density at radius 3 is 2.31 bits per heavy atom. The molecule has 1 aromatic carbocycles. The summed E-state index contributed by atoms with van der Waals surface area (Å²) in [5.41, 5.74) is 1.97. The van der Waals surface area contributed by atoms with E-state index < -0.39 is 6.04 Å². The quantitative estimate of drug-likeness (QED) is 0.566. The van der Waals surface area contributed by atoms with Gasteiger partial charge < -0.3 is 10.2 Å². The van der Waals surface area contributed by atoms with Crippen LogP contribution in [0.25, 0.3) is 0 Å². The summed E-state index contributed by atoms with van der Waals surface area (Å²) >= 11 is 5.83. The van der Waals surface area contributed by atoms with Gasteiger partial charge in [-0.05, 0) is 31.7 Å². The first-order valence-electron chi connectivity index (χ1n) is 9.79. The summed E-state index contributed by atoms with van der Waals surface area (Å²) in [4.78, 5) is 27.3. The van der Waals surface area contributed by atoms with E-state index in [4.69, 9.17) is 11.6 Å². The van der Waals surface area contributed by atoms with Crippen LogP contribution >= 0.6 is 11.6 Å². The minimum Gasteiger partial charge on any atom is -0.351 e. The second kappa shape index (κ2) is 10.6. The molecular formula is C21H31ClN2O2. The number of amides is 2. The summed E-state index contributed by atoms with van der Waals surface area (Å²) in [6.07, 6.45) is 7.59. The predicted molar refractivity (Wildman–Crippen MR) is 106 cm³/mol. The number of alkyl halides is 1. The van der Waals surface area contributed by atoms with Gasteiger partial charge in [0.1, 0.15) is 11.9 Å². The summed E-state index contributed by atoms with van der Waals surface area (Å²) < 4.78 is 0. The maximum absolute atomic E-state index is 13.2. The highest BCUT2D eigenvalue weighted by Crippen LogP contribution is 2.24. The fraction of sp³-hybridized carbons (Fsp3) is 0.619. The highest BCUT2D eigenvalue weighted by molar-refractivity contribution is 6.27. The predicted octanol–water partition coefficient (Wildman–Crippen LogP) is 4.35. The fourth-order valence-corrected chi connectivity index (χ4v) is 3.79. The van der Waals surface area contributed by atoms with Gasteiger partial charge in [-0.3, -0.25) is 9.59 Å². The first-order valence-corrected chi connectivity index (χ1v) is 10.3. The van der Waals surface area contributed by atoms with Crippen LogP contribution in [0.4, 0.5) is 0 Å². The van der Waals surface area contributed by atoms with Gasteiger partial charge in [0.15, 0.2) is 0 Å². The van der Waals surface area contributed by atoms with E-state index in [0.717, 1.165) is 43.2 Å². The van der Waals surface area contributed by atoms with E-state index in [9.17, 15) is 9.59 Å². The molecule has 0 saturated heterocycles. The lowest BCUT2D eigenvalue weighted by Gasteiger charge is -2.32. The Morgan fingerprint density at radius 1 is 1.15 bits per heavy atom. The van der Waals surface area contributed by atoms with Crippen LogP contribution in [0.1, 0.15) is 69.0 Å². The largest absolute Gasteiger partial charge is 0.351 e. The van der Waals surface area contributed by atoms with Crippen molar-refractivity contribution in [3.05, 3.63) is 35.4 Å². The lowest BCUT2D eigenvalue weighted by molar-refractivity contribution is -0.139. The molecule has 1 fully saturated rings. The standard InChI is InChI=1S/C21H31ClN2O2/c1-3-14-24(19(25)15-22)20(17-12-10-16(2)11-13-17)21(26)23-18-8-6-4-5-7-9-18/h10-13,18,20H,3-9,14-15H2,1-2H3,(H,23,26). The number of hydrogen-bond acceptors (Lipinski definition) is 2. The Kier molecular flexibility index (Phi) is 8.43. The van der Waals surface area contributed by atoms with Crippen LogP contribution in [-0.2, 0) is 9.59 Å². The first kappa shape index (κ1) is 20.8. The molecule has 1 atom stereocenters. The average molecular weight is 379 g/mol. The van der Waals surface area contributed by atoms with Crippen molar-refractivity contribution in [2.24, 2.45) is 0 Å². The molecule has 1 aliphatic carbocycles. The zero-order chi connectivity index (χ0) is 18.9. The molecule has 0 bridgehead atoms. The summed E-state index contributed by atoms with van der Waals surface area (Å²) in [5, 5.41) is 3.21. The zero-order valence-electron chi connectivity index (χ0n) is 16.0. The zero-order valence-corrected chi connectivity index (χ0v) is 16.7. The monoisotopic (exact) mass is 378 g/mol. The Hall–Kier alpha value is -1.55. The number of hydrogen-bond donors (Lipinski definition) is 1. The van der Waals surface area contributed by atoms with Gasteiger partial charge in [0.25, 0.3) is 0 Å². The molecule has 0 heterocycles. The highest BCUT2D eigenvalue weighted by atomic mass is 35.5. The number of rotatable bonds is 7. The van der Waals surface area contributed by atoms with E-state index in [1.165, 1.54) is 12.8 Å². The minimum absolute atomic E-state index is 0.0901. The third-order valence-corrected chi connectivity index (χ3v) is 5.28. The number of carbonyl (C=O) groups excluding carboxylic acids is 2. The molecule has 0 radical (unpaired) electrons. The Bertz CT molecular complexity index is 580. The molecule has 0 aromatic heterocycles. The van der Waals surface area contributed by atoms with Crippen LogP contribution in [0, 0.1) is 6.92 Å². The number of halogens is 1. The maximum atomic E-state index is 13.2. The van der Waals surface area contributed by atoms with Gasteiger partial charge in [-0.2, -0.15) is 0 Å².